The van der Waals surface area contributed by atoms with E-state index in [2.05, 4.69) is 16.0 Å². The molecule has 4 aliphatic carbocycles. The molecule has 2 bridgehead atoms. The van der Waals surface area contributed by atoms with Crippen LogP contribution in [0.1, 0.15) is 182 Å². The summed E-state index contributed by atoms with van der Waals surface area (Å²) in [4.78, 5) is 189. The summed E-state index contributed by atoms with van der Waals surface area (Å²) in [5.74, 6) is -22.7. The average molecular weight is 1540 g/mol. The van der Waals surface area contributed by atoms with Crippen LogP contribution < -0.4 is 16.0 Å². The number of nitrogens with one attached hydrogen (secondary N) is 3. The number of carbonyl (C=O) groups excluding carboxylic acids is 12. The SMILES string of the molecule is CC[C@H](C)[C@@H]1NC(=O)[C@H](CC(C)C)N(C)C(=O)C[C@@H](C(=O)N(C)C)N(C)C(=O)[C@H](C2CCCC2)N(C)C(=O)C2(CCC2)NC(=O)[C@@H]2CC(F)(F)CN2C(=O)[C@H](CCC2CC(F)C(C(F)(F)F)C(F)C2)NC(=O)CN(C)C(=O)[C@H](CC2CCC(C(F)(F)F)CC2)N2CCCCC[C@@H](C2=O)N(C)C(=O)CN(C)C1=O. The van der Waals surface area contributed by atoms with E-state index in [1.165, 1.54) is 54.2 Å². The standard InChI is InChI=1S/C73H112F10N12O12/c1-13-42(4)59-67(105)89(8)39-57(98)90(9)50-22-15-14-18-31-94(66(50)104)53(35-43-23-26-46(27-24-43)72(78,79)80)65(103)88(7)38-55(96)84-49(28-25-44-33-47(74)58(48(75)34-44)73(81,82)83)63(101)95-40-71(76,77)37-54(95)62(100)86-70(29-19-30-70)69(107)93(12)60(45-20-16-17-21-45)68(106)92(11)52(64(102)87(5)6)36-56(97)91(10)51(32-41(2)3)61(99)85-59/h41-54,58-60H,13-40H2,1-12H3,(H,84,96)(H,85,99)(H,86,100)/t42-,43?,44?,46?,47?,48?,49-,50-,51-,52-,53-,54-,58?,59-,60-/m0/s1. The second kappa shape index (κ2) is 36.2. The first-order valence-corrected chi connectivity index (χ1v) is 37.9. The number of hydrogen-bond acceptors (Lipinski definition) is 12. The second-order valence-electron chi connectivity index (χ2n) is 32.2. The molecule has 24 nitrogen and oxygen atoms in total. The molecule has 0 aromatic heterocycles. The molecule has 3 N–H and O–H groups in total. The Kier molecular flexibility index (Phi) is 29.5. The summed E-state index contributed by atoms with van der Waals surface area (Å²) in [6, 6.07) is -12.5. The third kappa shape index (κ3) is 21.1. The van der Waals surface area contributed by atoms with Crippen LogP contribution in [0, 0.1) is 41.4 Å². The van der Waals surface area contributed by atoms with Crippen molar-refractivity contribution in [2.75, 3.05) is 82.6 Å². The molecule has 1 spiro atoms. The van der Waals surface area contributed by atoms with E-state index >= 15 is 41.5 Å². The number of halogens is 10. The molecule has 34 heteroatoms. The Balaban J connectivity index is 1.32. The summed E-state index contributed by atoms with van der Waals surface area (Å²) in [6.45, 7) is 3.78. The van der Waals surface area contributed by atoms with E-state index in [0.717, 1.165) is 41.3 Å². The Morgan fingerprint density at radius 1 is 0.598 bits per heavy atom. The average Bonchev–Trinajstić information content (AvgIpc) is 1.75. The fourth-order valence-corrected chi connectivity index (χ4v) is 16.9. The van der Waals surface area contributed by atoms with Gasteiger partial charge in [-0.25, -0.2) is 17.6 Å². The number of rotatable bonds is 11. The molecule has 3 heterocycles. The Bertz CT molecular complexity index is 3190. The lowest BCUT2D eigenvalue weighted by Crippen LogP contribution is -2.68. The van der Waals surface area contributed by atoms with Crippen molar-refractivity contribution in [3.05, 3.63) is 0 Å². The molecule has 7 rings (SSSR count). The summed E-state index contributed by atoms with van der Waals surface area (Å²) in [5.41, 5.74) is -1.90. The Hall–Kier alpha value is -7.06. The van der Waals surface area contributed by atoms with Crippen LogP contribution >= 0.6 is 0 Å². The van der Waals surface area contributed by atoms with Gasteiger partial charge in [0.2, 0.25) is 70.9 Å². The molecule has 7 aliphatic rings. The highest BCUT2D eigenvalue weighted by molar-refractivity contribution is 6.01. The lowest BCUT2D eigenvalue weighted by atomic mass is 9.74. The zero-order valence-corrected chi connectivity index (χ0v) is 63.8. The van der Waals surface area contributed by atoms with Crippen LogP contribution in [0.4, 0.5) is 43.9 Å². The van der Waals surface area contributed by atoms with Crippen molar-refractivity contribution < 1.29 is 101 Å². The number of hydrogen-bond donors (Lipinski definition) is 3. The maximum atomic E-state index is 16.1. The minimum Gasteiger partial charge on any atom is -0.347 e. The van der Waals surface area contributed by atoms with Gasteiger partial charge in [0.1, 0.15) is 72.1 Å². The lowest BCUT2D eigenvalue weighted by Gasteiger charge is -2.46. The molecule has 11 atom stereocenters. The van der Waals surface area contributed by atoms with E-state index in [1.807, 2.05) is 0 Å². The van der Waals surface area contributed by atoms with Gasteiger partial charge in [0.05, 0.1) is 32.0 Å². The summed E-state index contributed by atoms with van der Waals surface area (Å²) in [7, 11) is 10.5. The monoisotopic (exact) mass is 1540 g/mol. The second-order valence-corrected chi connectivity index (χ2v) is 32.2. The molecule has 3 saturated heterocycles. The zero-order chi connectivity index (χ0) is 79.9. The summed E-state index contributed by atoms with van der Waals surface area (Å²) in [6.07, 6.45) is -17.6. The molecule has 4 saturated carbocycles. The molecule has 0 radical (unpaired) electrons. The summed E-state index contributed by atoms with van der Waals surface area (Å²) in [5, 5.41) is 7.87. The Labute approximate surface area is 620 Å². The van der Waals surface area contributed by atoms with Crippen LogP contribution in [0.25, 0.3) is 0 Å². The van der Waals surface area contributed by atoms with Crippen LogP contribution in [0.15, 0.2) is 0 Å². The molecule has 606 valence electrons. The quantitative estimate of drug-likeness (QED) is 0.180. The molecular weight excluding hydrogens is 1430 g/mol. The van der Waals surface area contributed by atoms with Crippen LogP contribution in [0.2, 0.25) is 0 Å². The van der Waals surface area contributed by atoms with Crippen molar-refractivity contribution in [3.63, 3.8) is 0 Å². The van der Waals surface area contributed by atoms with Crippen molar-refractivity contribution in [1.29, 1.82) is 0 Å². The minimum atomic E-state index is -5.28. The fourth-order valence-electron chi connectivity index (χ4n) is 16.9. The van der Waals surface area contributed by atoms with Gasteiger partial charge in [0, 0.05) is 69.3 Å². The third-order valence-electron chi connectivity index (χ3n) is 23.8. The molecule has 12 amide bonds. The largest absolute Gasteiger partial charge is 0.397 e. The summed E-state index contributed by atoms with van der Waals surface area (Å²) >= 11 is 0. The zero-order valence-electron chi connectivity index (χ0n) is 63.8. The first-order chi connectivity index (χ1) is 49.8. The van der Waals surface area contributed by atoms with Crippen LogP contribution in [-0.4, -0.2) is 282 Å². The third-order valence-corrected chi connectivity index (χ3v) is 23.8. The number of fused-ring (bicyclic) bond motifs is 3. The van der Waals surface area contributed by atoms with E-state index in [4.69, 9.17) is 0 Å². The van der Waals surface area contributed by atoms with Crippen LogP contribution in [-0.2, 0) is 57.5 Å². The van der Waals surface area contributed by atoms with Gasteiger partial charge in [-0.05, 0) is 139 Å². The number of likely N-dealkylation sites (N-methyl/N-ethyl adjacent to an activating group) is 7. The van der Waals surface area contributed by atoms with Gasteiger partial charge in [0.25, 0.3) is 5.92 Å². The fraction of sp³-hybridized carbons (Fsp3) is 0.836. The van der Waals surface area contributed by atoms with Gasteiger partial charge in [0.15, 0.2) is 0 Å². The van der Waals surface area contributed by atoms with Crippen molar-refractivity contribution in [1.82, 2.24) is 60.0 Å². The Morgan fingerprint density at radius 3 is 1.75 bits per heavy atom. The topological polar surface area (TPSA) is 270 Å². The first kappa shape index (κ1) is 87.2. The predicted octanol–water partition coefficient (Wildman–Crippen LogP) is 6.81. The lowest BCUT2D eigenvalue weighted by molar-refractivity contribution is -0.219. The number of alkyl halides is 10. The number of amides is 12. The van der Waals surface area contributed by atoms with Crippen LogP contribution in [0.5, 0.6) is 0 Å². The number of carbonyl (C=O) groups is 12. The first-order valence-electron chi connectivity index (χ1n) is 37.9. The van der Waals surface area contributed by atoms with Gasteiger partial charge >= 0.3 is 12.4 Å². The molecule has 0 aromatic carbocycles. The van der Waals surface area contributed by atoms with Crippen molar-refractivity contribution >= 4 is 70.9 Å². The van der Waals surface area contributed by atoms with Crippen molar-refractivity contribution in [2.45, 2.75) is 266 Å². The van der Waals surface area contributed by atoms with Crippen molar-refractivity contribution in [2.24, 2.45) is 41.4 Å². The highest BCUT2D eigenvalue weighted by Crippen LogP contribution is 2.46. The van der Waals surface area contributed by atoms with E-state index in [-0.39, 0.29) is 76.7 Å². The highest BCUT2D eigenvalue weighted by Gasteiger charge is 2.58. The minimum absolute atomic E-state index is 0.0245. The van der Waals surface area contributed by atoms with Gasteiger partial charge in [-0.2, -0.15) is 26.3 Å². The maximum Gasteiger partial charge on any atom is 0.397 e. The predicted molar refractivity (Wildman–Crippen MR) is 371 cm³/mol. The van der Waals surface area contributed by atoms with Gasteiger partial charge in [-0.3, -0.25) is 57.5 Å². The van der Waals surface area contributed by atoms with E-state index < -0.39 is 249 Å². The molecular formula is C73H112F10N12O12. The number of nitrogens with zero attached hydrogens (tertiary/aromatic N) is 9. The van der Waals surface area contributed by atoms with E-state index in [0.29, 0.717) is 56.3 Å². The summed E-state index contributed by atoms with van der Waals surface area (Å²) < 4.78 is 147. The van der Waals surface area contributed by atoms with Crippen molar-refractivity contribution in [3.8, 4) is 0 Å². The normalized spacial score (nSPS) is 31.8. The van der Waals surface area contributed by atoms with Gasteiger partial charge in [-0.15, -0.1) is 0 Å². The smallest absolute Gasteiger partial charge is 0.347 e. The molecule has 0 aromatic rings. The van der Waals surface area contributed by atoms with E-state index in [1.54, 1.807) is 27.7 Å². The van der Waals surface area contributed by atoms with Gasteiger partial charge in [-0.1, -0.05) is 59.8 Å². The van der Waals surface area contributed by atoms with E-state index in [9.17, 15) is 59.9 Å². The van der Waals surface area contributed by atoms with Crippen LogP contribution in [0.3, 0.4) is 0 Å². The molecule has 3 aliphatic heterocycles. The molecule has 107 heavy (non-hydrogen) atoms. The highest BCUT2D eigenvalue weighted by atomic mass is 19.4. The van der Waals surface area contributed by atoms with Gasteiger partial charge < -0.3 is 60.0 Å². The molecule has 7 fully saturated rings. The maximum absolute atomic E-state index is 16.1. The molecule has 2 unspecified atom stereocenters. The Morgan fingerprint density at radius 2 is 1.20 bits per heavy atom.